The van der Waals surface area contributed by atoms with Crippen LogP contribution >= 0.6 is 0 Å². The third-order valence-electron chi connectivity index (χ3n) is 4.57. The highest BCUT2D eigenvalue weighted by atomic mass is 32.2. The van der Waals surface area contributed by atoms with Crippen LogP contribution in [-0.2, 0) is 9.84 Å². The summed E-state index contributed by atoms with van der Waals surface area (Å²) in [5.41, 5.74) is 2.24. The molecule has 0 fully saturated rings. The second-order valence-corrected chi connectivity index (χ2v) is 8.32. The SMILES string of the molecule is CC(c1ccc(S(C)(=O)=O)cc1)N(C)C(=O)c1ccnc2ccccc12. The smallest absolute Gasteiger partial charge is 0.254 e. The number of rotatable bonds is 4. The predicted molar refractivity (Wildman–Crippen MR) is 102 cm³/mol. The Morgan fingerprint density at radius 1 is 1.04 bits per heavy atom. The van der Waals surface area contributed by atoms with E-state index in [1.807, 2.05) is 31.2 Å². The van der Waals surface area contributed by atoms with Gasteiger partial charge in [0.15, 0.2) is 9.84 Å². The Kier molecular flexibility index (Phi) is 4.78. The lowest BCUT2D eigenvalue weighted by atomic mass is 10.0. The Morgan fingerprint density at radius 3 is 2.35 bits per heavy atom. The molecule has 0 N–H and O–H groups in total. The van der Waals surface area contributed by atoms with Gasteiger partial charge >= 0.3 is 0 Å². The van der Waals surface area contributed by atoms with Crippen molar-refractivity contribution in [2.75, 3.05) is 13.3 Å². The Hall–Kier alpha value is -2.73. The molecule has 1 amide bonds. The van der Waals surface area contributed by atoms with Gasteiger partial charge in [0.25, 0.3) is 5.91 Å². The topological polar surface area (TPSA) is 67.3 Å². The van der Waals surface area contributed by atoms with Crippen molar-refractivity contribution in [3.05, 3.63) is 71.9 Å². The highest BCUT2D eigenvalue weighted by molar-refractivity contribution is 7.90. The molecule has 0 spiro atoms. The number of sulfone groups is 1. The van der Waals surface area contributed by atoms with E-state index >= 15 is 0 Å². The van der Waals surface area contributed by atoms with E-state index in [4.69, 9.17) is 0 Å². The molecule has 0 aliphatic carbocycles. The second-order valence-electron chi connectivity index (χ2n) is 6.31. The lowest BCUT2D eigenvalue weighted by Gasteiger charge is -2.26. The number of pyridine rings is 1. The second kappa shape index (κ2) is 6.88. The zero-order valence-electron chi connectivity index (χ0n) is 14.9. The summed E-state index contributed by atoms with van der Waals surface area (Å²) < 4.78 is 23.2. The predicted octanol–water partition coefficient (Wildman–Crippen LogP) is 3.47. The van der Waals surface area contributed by atoms with Crippen LogP contribution in [0.2, 0.25) is 0 Å². The molecule has 26 heavy (non-hydrogen) atoms. The van der Waals surface area contributed by atoms with Crippen LogP contribution in [0.25, 0.3) is 10.9 Å². The molecule has 5 nitrogen and oxygen atoms in total. The summed E-state index contributed by atoms with van der Waals surface area (Å²) in [5, 5.41) is 0.812. The average molecular weight is 368 g/mol. The zero-order chi connectivity index (χ0) is 18.9. The maximum Gasteiger partial charge on any atom is 0.254 e. The molecule has 3 aromatic rings. The maximum atomic E-state index is 13.0. The normalized spacial score (nSPS) is 12.7. The highest BCUT2D eigenvalue weighted by Gasteiger charge is 2.21. The zero-order valence-corrected chi connectivity index (χ0v) is 15.7. The van der Waals surface area contributed by atoms with Crippen LogP contribution in [-0.4, -0.2) is 37.5 Å². The number of para-hydroxylation sites is 1. The summed E-state index contributed by atoms with van der Waals surface area (Å²) in [4.78, 5) is 19.2. The number of carbonyl (C=O) groups is 1. The van der Waals surface area contributed by atoms with Crippen molar-refractivity contribution in [3.8, 4) is 0 Å². The first kappa shape index (κ1) is 18.1. The standard InChI is InChI=1S/C20H20N2O3S/c1-14(15-8-10-16(11-9-15)26(3,24)25)22(2)20(23)18-12-13-21-19-7-5-4-6-17(18)19/h4-14H,1-3H3. The number of benzene rings is 2. The van der Waals surface area contributed by atoms with E-state index in [1.165, 1.54) is 6.26 Å². The third kappa shape index (κ3) is 3.46. The molecule has 6 heteroatoms. The summed E-state index contributed by atoms with van der Waals surface area (Å²) in [7, 11) is -1.49. The minimum Gasteiger partial charge on any atom is -0.335 e. The Bertz CT molecular complexity index is 1050. The minimum atomic E-state index is -3.24. The Labute approximate surface area is 153 Å². The molecule has 0 aliphatic rings. The summed E-state index contributed by atoms with van der Waals surface area (Å²) in [6.45, 7) is 1.91. The largest absolute Gasteiger partial charge is 0.335 e. The summed E-state index contributed by atoms with van der Waals surface area (Å²) in [6, 6.07) is 15.7. The molecule has 0 saturated heterocycles. The summed E-state index contributed by atoms with van der Waals surface area (Å²) in [6.07, 6.45) is 2.81. The molecular formula is C20H20N2O3S. The van der Waals surface area contributed by atoms with E-state index in [1.54, 1.807) is 48.5 Å². The monoisotopic (exact) mass is 368 g/mol. The Morgan fingerprint density at radius 2 is 1.69 bits per heavy atom. The molecule has 1 atom stereocenters. The molecule has 0 saturated carbocycles. The van der Waals surface area contributed by atoms with Gasteiger partial charge in [-0.25, -0.2) is 8.42 Å². The van der Waals surface area contributed by atoms with Gasteiger partial charge < -0.3 is 4.90 Å². The maximum absolute atomic E-state index is 13.0. The van der Waals surface area contributed by atoms with Crippen LogP contribution in [0, 0.1) is 0 Å². The molecule has 1 unspecified atom stereocenters. The van der Waals surface area contributed by atoms with Crippen LogP contribution in [0.4, 0.5) is 0 Å². The van der Waals surface area contributed by atoms with Crippen molar-refractivity contribution >= 4 is 26.6 Å². The van der Waals surface area contributed by atoms with Crippen molar-refractivity contribution in [3.63, 3.8) is 0 Å². The van der Waals surface area contributed by atoms with E-state index < -0.39 is 9.84 Å². The fraction of sp³-hybridized carbons (Fsp3) is 0.200. The van der Waals surface area contributed by atoms with Crippen LogP contribution in [0.3, 0.4) is 0 Å². The fourth-order valence-corrected chi connectivity index (χ4v) is 3.50. The Balaban J connectivity index is 1.90. The first-order chi connectivity index (χ1) is 12.3. The fourth-order valence-electron chi connectivity index (χ4n) is 2.87. The quantitative estimate of drug-likeness (QED) is 0.707. The van der Waals surface area contributed by atoms with Gasteiger partial charge in [0.1, 0.15) is 0 Å². The minimum absolute atomic E-state index is 0.108. The first-order valence-corrected chi connectivity index (χ1v) is 10.1. The molecule has 134 valence electrons. The van der Waals surface area contributed by atoms with Gasteiger partial charge in [-0.05, 0) is 36.8 Å². The number of fused-ring (bicyclic) bond motifs is 1. The van der Waals surface area contributed by atoms with Gasteiger partial charge in [-0.2, -0.15) is 0 Å². The van der Waals surface area contributed by atoms with Gasteiger partial charge in [-0.1, -0.05) is 30.3 Å². The number of aromatic nitrogens is 1. The molecule has 0 aliphatic heterocycles. The highest BCUT2D eigenvalue weighted by Crippen LogP contribution is 2.24. The summed E-state index contributed by atoms with van der Waals surface area (Å²) in [5.74, 6) is -0.108. The lowest BCUT2D eigenvalue weighted by molar-refractivity contribution is 0.0744. The molecule has 1 heterocycles. The van der Waals surface area contributed by atoms with Crippen LogP contribution in [0.1, 0.15) is 28.9 Å². The van der Waals surface area contributed by atoms with Crippen LogP contribution < -0.4 is 0 Å². The van der Waals surface area contributed by atoms with Gasteiger partial charge in [-0.3, -0.25) is 9.78 Å². The number of hydrogen-bond donors (Lipinski definition) is 0. The molecular weight excluding hydrogens is 348 g/mol. The van der Waals surface area contributed by atoms with E-state index in [0.29, 0.717) is 5.56 Å². The van der Waals surface area contributed by atoms with Crippen LogP contribution in [0.5, 0.6) is 0 Å². The van der Waals surface area contributed by atoms with Gasteiger partial charge in [0.05, 0.1) is 22.0 Å². The molecule has 3 rings (SSSR count). The lowest BCUT2D eigenvalue weighted by Crippen LogP contribution is -2.29. The molecule has 0 radical (unpaired) electrons. The third-order valence-corrected chi connectivity index (χ3v) is 5.70. The van der Waals surface area contributed by atoms with Crippen molar-refractivity contribution in [1.82, 2.24) is 9.88 Å². The van der Waals surface area contributed by atoms with E-state index in [9.17, 15) is 13.2 Å². The average Bonchev–Trinajstić information content (AvgIpc) is 2.65. The van der Waals surface area contributed by atoms with Crippen molar-refractivity contribution in [2.24, 2.45) is 0 Å². The van der Waals surface area contributed by atoms with Crippen molar-refractivity contribution in [1.29, 1.82) is 0 Å². The van der Waals surface area contributed by atoms with E-state index in [0.717, 1.165) is 16.5 Å². The number of nitrogens with zero attached hydrogens (tertiary/aromatic N) is 2. The van der Waals surface area contributed by atoms with Gasteiger partial charge in [0, 0.05) is 24.9 Å². The molecule has 0 bridgehead atoms. The molecule has 2 aromatic carbocycles. The first-order valence-electron chi connectivity index (χ1n) is 8.20. The summed E-state index contributed by atoms with van der Waals surface area (Å²) >= 11 is 0. The number of hydrogen-bond acceptors (Lipinski definition) is 4. The number of carbonyl (C=O) groups excluding carboxylic acids is 1. The van der Waals surface area contributed by atoms with Crippen molar-refractivity contribution in [2.45, 2.75) is 17.9 Å². The van der Waals surface area contributed by atoms with Gasteiger partial charge in [-0.15, -0.1) is 0 Å². The van der Waals surface area contributed by atoms with E-state index in [-0.39, 0.29) is 16.8 Å². The van der Waals surface area contributed by atoms with Gasteiger partial charge in [0.2, 0.25) is 0 Å². The van der Waals surface area contributed by atoms with Crippen molar-refractivity contribution < 1.29 is 13.2 Å². The number of amides is 1. The van der Waals surface area contributed by atoms with Crippen LogP contribution in [0.15, 0.2) is 65.7 Å². The van der Waals surface area contributed by atoms with E-state index in [2.05, 4.69) is 4.98 Å². The molecule has 1 aromatic heterocycles.